The van der Waals surface area contributed by atoms with Gasteiger partial charge in [0.15, 0.2) is 6.61 Å². The van der Waals surface area contributed by atoms with Crippen molar-refractivity contribution in [2.45, 2.75) is 13.3 Å². The van der Waals surface area contributed by atoms with Gasteiger partial charge in [0.25, 0.3) is 5.91 Å². The van der Waals surface area contributed by atoms with E-state index in [4.69, 9.17) is 14.2 Å². The molecule has 29 heavy (non-hydrogen) atoms. The third-order valence-corrected chi connectivity index (χ3v) is 4.42. The Bertz CT molecular complexity index is 799. The Hall–Kier alpha value is -3.06. The summed E-state index contributed by atoms with van der Waals surface area (Å²) in [6.45, 7) is 5.45. The van der Waals surface area contributed by atoms with Gasteiger partial charge in [-0.25, -0.2) is 4.79 Å². The van der Waals surface area contributed by atoms with Crippen LogP contribution in [0.4, 0.5) is 11.4 Å². The van der Waals surface area contributed by atoms with Gasteiger partial charge in [-0.3, -0.25) is 4.79 Å². The number of nitrogens with zero attached hydrogens (tertiary/aromatic N) is 1. The average molecular weight is 398 g/mol. The molecule has 1 aliphatic rings. The summed E-state index contributed by atoms with van der Waals surface area (Å²) in [6.07, 6.45) is 0.912. The maximum absolute atomic E-state index is 12.1. The molecule has 1 fully saturated rings. The van der Waals surface area contributed by atoms with E-state index in [1.165, 1.54) is 0 Å². The first kappa shape index (κ1) is 20.7. The van der Waals surface area contributed by atoms with Crippen LogP contribution in [0.25, 0.3) is 0 Å². The number of hydrogen-bond acceptors (Lipinski definition) is 6. The van der Waals surface area contributed by atoms with Crippen LogP contribution in [-0.2, 0) is 14.3 Å². The highest BCUT2D eigenvalue weighted by Crippen LogP contribution is 2.19. The minimum atomic E-state index is -0.551. The van der Waals surface area contributed by atoms with Crippen molar-refractivity contribution in [3.63, 3.8) is 0 Å². The summed E-state index contributed by atoms with van der Waals surface area (Å²) < 4.78 is 15.9. The number of carbonyl (C=O) groups excluding carboxylic acids is 2. The predicted molar refractivity (Wildman–Crippen MR) is 111 cm³/mol. The van der Waals surface area contributed by atoms with Gasteiger partial charge < -0.3 is 24.4 Å². The minimum absolute atomic E-state index is 0.349. The monoisotopic (exact) mass is 398 g/mol. The Morgan fingerprint density at radius 3 is 2.38 bits per heavy atom. The van der Waals surface area contributed by atoms with Crippen molar-refractivity contribution in [2.75, 3.05) is 49.7 Å². The normalized spacial score (nSPS) is 13.6. The Morgan fingerprint density at radius 1 is 1.03 bits per heavy atom. The number of esters is 1. The molecule has 7 heteroatoms. The van der Waals surface area contributed by atoms with Crippen LogP contribution in [0.15, 0.2) is 48.5 Å². The van der Waals surface area contributed by atoms with Crippen LogP contribution in [-0.4, -0.2) is 51.4 Å². The molecule has 0 aliphatic carbocycles. The van der Waals surface area contributed by atoms with Crippen molar-refractivity contribution in [2.24, 2.45) is 0 Å². The van der Waals surface area contributed by atoms with E-state index < -0.39 is 5.97 Å². The highest BCUT2D eigenvalue weighted by Gasteiger charge is 2.13. The lowest BCUT2D eigenvalue weighted by atomic mass is 10.2. The predicted octanol–water partition coefficient (Wildman–Crippen LogP) is 3.11. The zero-order valence-electron chi connectivity index (χ0n) is 16.6. The summed E-state index contributed by atoms with van der Waals surface area (Å²) in [5.74, 6) is -0.244. The first-order valence-corrected chi connectivity index (χ1v) is 9.78. The number of carbonyl (C=O) groups is 2. The van der Waals surface area contributed by atoms with Gasteiger partial charge in [0.2, 0.25) is 0 Å². The lowest BCUT2D eigenvalue weighted by molar-refractivity contribution is -0.119. The zero-order chi connectivity index (χ0) is 20.5. The van der Waals surface area contributed by atoms with Crippen molar-refractivity contribution in [1.29, 1.82) is 0 Å². The van der Waals surface area contributed by atoms with Crippen LogP contribution in [0.5, 0.6) is 5.75 Å². The Kier molecular flexibility index (Phi) is 7.47. The van der Waals surface area contributed by atoms with Crippen molar-refractivity contribution >= 4 is 23.3 Å². The van der Waals surface area contributed by atoms with Gasteiger partial charge in [-0.05, 0) is 55.0 Å². The smallest absolute Gasteiger partial charge is 0.338 e. The Morgan fingerprint density at radius 2 is 1.72 bits per heavy atom. The summed E-state index contributed by atoms with van der Waals surface area (Å²) >= 11 is 0. The van der Waals surface area contributed by atoms with Crippen LogP contribution in [0.1, 0.15) is 23.7 Å². The average Bonchev–Trinajstić information content (AvgIpc) is 2.77. The molecule has 1 heterocycles. The fourth-order valence-electron chi connectivity index (χ4n) is 2.90. The SMILES string of the molecule is CCCOc1ccc(C(=O)OCC(=O)Nc2ccc(N3CCOCC3)cc2)cc1. The van der Waals surface area contributed by atoms with Crippen LogP contribution >= 0.6 is 0 Å². The van der Waals surface area contributed by atoms with Crippen LogP contribution in [0.3, 0.4) is 0 Å². The third-order valence-electron chi connectivity index (χ3n) is 4.42. The molecule has 0 spiro atoms. The van der Waals surface area contributed by atoms with E-state index in [0.717, 1.165) is 38.4 Å². The fraction of sp³-hybridized carbons (Fsp3) is 0.364. The lowest BCUT2D eigenvalue weighted by Crippen LogP contribution is -2.36. The molecule has 3 rings (SSSR count). The number of anilines is 2. The van der Waals surface area contributed by atoms with Gasteiger partial charge in [-0.15, -0.1) is 0 Å². The number of nitrogens with one attached hydrogen (secondary N) is 1. The Labute approximate surface area is 170 Å². The molecule has 154 valence electrons. The van der Waals surface area contributed by atoms with Crippen LogP contribution in [0, 0.1) is 0 Å². The number of ether oxygens (including phenoxy) is 3. The summed E-state index contributed by atoms with van der Waals surface area (Å²) in [5, 5.41) is 2.73. The second kappa shape index (κ2) is 10.5. The third kappa shape index (κ3) is 6.22. The molecule has 2 aromatic carbocycles. The molecule has 1 aliphatic heterocycles. The number of morpholine rings is 1. The van der Waals surface area contributed by atoms with E-state index >= 15 is 0 Å². The summed E-state index contributed by atoms with van der Waals surface area (Å²) in [4.78, 5) is 26.4. The lowest BCUT2D eigenvalue weighted by Gasteiger charge is -2.28. The summed E-state index contributed by atoms with van der Waals surface area (Å²) in [5.41, 5.74) is 2.11. The molecule has 0 atom stereocenters. The standard InChI is InChI=1S/C22H26N2O5/c1-2-13-28-20-9-3-17(4-10-20)22(26)29-16-21(25)23-18-5-7-19(8-6-18)24-11-14-27-15-12-24/h3-10H,2,11-16H2,1H3,(H,23,25). The summed E-state index contributed by atoms with van der Waals surface area (Å²) in [7, 11) is 0. The second-order valence-electron chi connectivity index (χ2n) is 6.64. The molecule has 7 nitrogen and oxygen atoms in total. The van der Waals surface area contributed by atoms with Crippen molar-refractivity contribution < 1.29 is 23.8 Å². The number of amides is 1. The van der Waals surface area contributed by atoms with Crippen LogP contribution < -0.4 is 15.0 Å². The zero-order valence-corrected chi connectivity index (χ0v) is 16.6. The molecule has 0 unspecified atom stereocenters. The second-order valence-corrected chi connectivity index (χ2v) is 6.64. The summed E-state index contributed by atoms with van der Waals surface area (Å²) in [6, 6.07) is 14.2. The van der Waals surface area contributed by atoms with Crippen molar-refractivity contribution in [3.05, 3.63) is 54.1 Å². The van der Waals surface area contributed by atoms with Gasteiger partial charge in [-0.2, -0.15) is 0 Å². The number of benzene rings is 2. The molecule has 0 bridgehead atoms. The molecular formula is C22H26N2O5. The van der Waals surface area contributed by atoms with Gasteiger partial charge >= 0.3 is 5.97 Å². The van der Waals surface area contributed by atoms with Gasteiger partial charge in [0.1, 0.15) is 5.75 Å². The van der Waals surface area contributed by atoms with E-state index in [-0.39, 0.29) is 12.5 Å². The van der Waals surface area contributed by atoms with E-state index in [1.807, 2.05) is 31.2 Å². The largest absolute Gasteiger partial charge is 0.494 e. The first-order valence-electron chi connectivity index (χ1n) is 9.78. The highest BCUT2D eigenvalue weighted by molar-refractivity contribution is 5.95. The van der Waals surface area contributed by atoms with E-state index in [1.54, 1.807) is 24.3 Å². The number of rotatable bonds is 8. The van der Waals surface area contributed by atoms with Gasteiger partial charge in [0, 0.05) is 24.5 Å². The molecule has 2 aromatic rings. The minimum Gasteiger partial charge on any atom is -0.494 e. The van der Waals surface area contributed by atoms with E-state index in [2.05, 4.69) is 10.2 Å². The van der Waals surface area contributed by atoms with Gasteiger partial charge in [-0.1, -0.05) is 6.92 Å². The molecule has 1 N–H and O–H groups in total. The van der Waals surface area contributed by atoms with Crippen molar-refractivity contribution in [1.82, 2.24) is 0 Å². The van der Waals surface area contributed by atoms with Gasteiger partial charge in [0.05, 0.1) is 25.4 Å². The molecule has 0 aromatic heterocycles. The molecule has 1 amide bonds. The fourth-order valence-corrected chi connectivity index (χ4v) is 2.90. The number of hydrogen-bond donors (Lipinski definition) is 1. The van der Waals surface area contributed by atoms with Crippen molar-refractivity contribution in [3.8, 4) is 5.75 Å². The first-order chi connectivity index (χ1) is 14.2. The molecule has 1 saturated heterocycles. The highest BCUT2D eigenvalue weighted by atomic mass is 16.5. The maximum Gasteiger partial charge on any atom is 0.338 e. The quantitative estimate of drug-likeness (QED) is 0.689. The van der Waals surface area contributed by atoms with E-state index in [0.29, 0.717) is 23.6 Å². The molecule has 0 saturated carbocycles. The molecular weight excluding hydrogens is 372 g/mol. The van der Waals surface area contributed by atoms with E-state index in [9.17, 15) is 9.59 Å². The molecule has 0 radical (unpaired) electrons. The Balaban J connectivity index is 1.44. The van der Waals surface area contributed by atoms with Crippen LogP contribution in [0.2, 0.25) is 0 Å². The maximum atomic E-state index is 12.1. The topological polar surface area (TPSA) is 77.1 Å².